The number of nitrogens with one attached hydrogen (secondary N) is 2. The molecule has 1 aromatic carbocycles. The summed E-state index contributed by atoms with van der Waals surface area (Å²) in [6.45, 7) is 7.63. The van der Waals surface area contributed by atoms with Crippen LogP contribution in [-0.4, -0.2) is 21.4 Å². The minimum atomic E-state index is -0.636. The molecule has 0 saturated carbocycles. The van der Waals surface area contributed by atoms with Gasteiger partial charge >= 0.3 is 0 Å². The third kappa shape index (κ3) is 4.55. The van der Waals surface area contributed by atoms with Gasteiger partial charge in [0, 0.05) is 12.1 Å². The molecular formula is C22H28N4O3. The summed E-state index contributed by atoms with van der Waals surface area (Å²) in [5.41, 5.74) is 1.28. The van der Waals surface area contributed by atoms with Crippen molar-refractivity contribution >= 4 is 28.4 Å². The summed E-state index contributed by atoms with van der Waals surface area (Å²) in [7, 11) is 0. The summed E-state index contributed by atoms with van der Waals surface area (Å²) in [5.74, 6) is 0.0927. The number of carbonyl (C=O) groups excluding carboxylic acids is 2. The van der Waals surface area contributed by atoms with Crippen molar-refractivity contribution in [3.63, 3.8) is 0 Å². The van der Waals surface area contributed by atoms with Crippen LogP contribution in [0.15, 0.2) is 35.3 Å². The predicted molar refractivity (Wildman–Crippen MR) is 114 cm³/mol. The molecule has 1 aliphatic rings. The summed E-state index contributed by atoms with van der Waals surface area (Å²) in [5, 5.41) is 5.91. The van der Waals surface area contributed by atoms with E-state index >= 15 is 0 Å². The molecule has 0 spiro atoms. The second-order valence-corrected chi connectivity index (χ2v) is 7.54. The van der Waals surface area contributed by atoms with Crippen molar-refractivity contribution in [2.24, 2.45) is 0 Å². The van der Waals surface area contributed by atoms with E-state index in [2.05, 4.69) is 29.1 Å². The molecule has 2 N–H and O–H groups in total. The van der Waals surface area contributed by atoms with Gasteiger partial charge in [0.2, 0.25) is 11.8 Å². The second-order valence-electron chi connectivity index (χ2n) is 7.54. The Morgan fingerprint density at radius 3 is 2.83 bits per heavy atom. The maximum absolute atomic E-state index is 13.3. The number of piperidine rings is 1. The fraction of sp³-hybridized carbons (Fsp3) is 0.455. The molecule has 3 rings (SSSR count). The Hall–Kier alpha value is -2.96. The number of allylic oxidation sites excluding steroid dienone is 1. The number of nitrogens with zero attached hydrogens (tertiary/aromatic N) is 2. The first-order valence-corrected chi connectivity index (χ1v) is 10.2. The molecular weight excluding hydrogens is 368 g/mol. The number of unbranched alkanes of at least 4 members (excludes halogenated alkanes) is 3. The largest absolute Gasteiger partial charge is 0.329 e. The van der Waals surface area contributed by atoms with Crippen molar-refractivity contribution in [2.75, 3.05) is 5.32 Å². The zero-order chi connectivity index (χ0) is 21.0. The highest BCUT2D eigenvalue weighted by molar-refractivity contribution is 6.00. The quantitative estimate of drug-likeness (QED) is 0.700. The fourth-order valence-electron chi connectivity index (χ4n) is 3.76. The Morgan fingerprint density at radius 1 is 1.31 bits per heavy atom. The van der Waals surface area contributed by atoms with Gasteiger partial charge < -0.3 is 10.6 Å². The van der Waals surface area contributed by atoms with E-state index in [0.717, 1.165) is 25.7 Å². The van der Waals surface area contributed by atoms with Crippen molar-refractivity contribution < 1.29 is 9.59 Å². The van der Waals surface area contributed by atoms with Crippen molar-refractivity contribution in [1.82, 2.24) is 14.9 Å². The number of carbonyl (C=O) groups is 2. The third-order valence-electron chi connectivity index (χ3n) is 5.27. The number of benzene rings is 1. The standard InChI is InChI=1S/C22H28N4O3/c1-4-5-6-7-11-19(27)25-17-10-8-9-16-20(17)22(29)26(15(3)24-16)18-13-12-14(2)23-21(18)28/h8-10,18H,2,4-7,11-13H2,1,3H3,(H,23,28)(H,25,27). The highest BCUT2D eigenvalue weighted by Gasteiger charge is 2.29. The molecule has 1 atom stereocenters. The van der Waals surface area contributed by atoms with Gasteiger partial charge in [-0.1, -0.05) is 38.8 Å². The lowest BCUT2D eigenvalue weighted by Crippen LogP contribution is -2.41. The molecule has 1 aliphatic heterocycles. The molecule has 2 amide bonds. The van der Waals surface area contributed by atoms with Crippen LogP contribution in [0.25, 0.3) is 10.9 Å². The van der Waals surface area contributed by atoms with E-state index < -0.39 is 6.04 Å². The highest BCUT2D eigenvalue weighted by Crippen LogP contribution is 2.25. The van der Waals surface area contributed by atoms with Crippen LogP contribution in [0.3, 0.4) is 0 Å². The first-order valence-electron chi connectivity index (χ1n) is 10.2. The Bertz CT molecular complexity index is 1010. The summed E-state index contributed by atoms with van der Waals surface area (Å²) in [4.78, 5) is 42.7. The summed E-state index contributed by atoms with van der Waals surface area (Å²) in [6.07, 6.45) is 5.55. The van der Waals surface area contributed by atoms with Crippen molar-refractivity contribution in [3.05, 3.63) is 46.7 Å². The van der Waals surface area contributed by atoms with E-state index in [4.69, 9.17) is 0 Å². The van der Waals surface area contributed by atoms with Gasteiger partial charge in [0.25, 0.3) is 5.56 Å². The molecule has 0 aliphatic carbocycles. The van der Waals surface area contributed by atoms with E-state index in [9.17, 15) is 14.4 Å². The van der Waals surface area contributed by atoms with Gasteiger partial charge in [-0.05, 0) is 38.3 Å². The molecule has 154 valence electrons. The van der Waals surface area contributed by atoms with Crippen LogP contribution in [0.5, 0.6) is 0 Å². The number of amides is 2. The molecule has 1 fully saturated rings. The number of hydrogen-bond donors (Lipinski definition) is 2. The van der Waals surface area contributed by atoms with E-state index in [0.29, 0.717) is 47.4 Å². The number of fused-ring (bicyclic) bond motifs is 1. The number of aromatic nitrogens is 2. The minimum absolute atomic E-state index is 0.119. The topological polar surface area (TPSA) is 93.1 Å². The first-order chi connectivity index (χ1) is 13.9. The van der Waals surface area contributed by atoms with E-state index in [1.807, 2.05) is 0 Å². The molecule has 2 heterocycles. The van der Waals surface area contributed by atoms with Gasteiger partial charge in [0.1, 0.15) is 11.9 Å². The molecule has 2 aromatic rings. The molecule has 7 nitrogen and oxygen atoms in total. The van der Waals surface area contributed by atoms with E-state index in [1.54, 1.807) is 25.1 Å². The SMILES string of the molecule is C=C1CCC(n2c(C)nc3cccc(NC(=O)CCCCCC)c3c2=O)C(=O)N1. The Morgan fingerprint density at radius 2 is 2.10 bits per heavy atom. The van der Waals surface area contributed by atoms with E-state index in [1.165, 1.54) is 4.57 Å². The highest BCUT2D eigenvalue weighted by atomic mass is 16.2. The van der Waals surface area contributed by atoms with Gasteiger partial charge in [-0.3, -0.25) is 19.0 Å². The van der Waals surface area contributed by atoms with Crippen molar-refractivity contribution in [1.29, 1.82) is 0 Å². The summed E-state index contributed by atoms with van der Waals surface area (Å²) < 4.78 is 1.43. The number of aryl methyl sites for hydroxylation is 1. The van der Waals surface area contributed by atoms with Crippen LogP contribution < -0.4 is 16.2 Å². The Labute approximate surface area is 170 Å². The molecule has 1 unspecified atom stereocenters. The first kappa shape index (κ1) is 20.8. The maximum Gasteiger partial charge on any atom is 0.264 e. The zero-order valence-electron chi connectivity index (χ0n) is 17.1. The summed E-state index contributed by atoms with van der Waals surface area (Å²) >= 11 is 0. The van der Waals surface area contributed by atoms with E-state index in [-0.39, 0.29) is 17.4 Å². The number of anilines is 1. The van der Waals surface area contributed by atoms with Crippen LogP contribution >= 0.6 is 0 Å². The molecule has 1 aromatic heterocycles. The number of rotatable bonds is 7. The minimum Gasteiger partial charge on any atom is -0.329 e. The van der Waals surface area contributed by atoms with Gasteiger partial charge in [-0.2, -0.15) is 0 Å². The average molecular weight is 396 g/mol. The Kier molecular flexibility index (Phi) is 6.46. The predicted octanol–water partition coefficient (Wildman–Crippen LogP) is 3.58. The Balaban J connectivity index is 1.94. The van der Waals surface area contributed by atoms with Crippen molar-refractivity contribution in [3.8, 4) is 0 Å². The lowest BCUT2D eigenvalue weighted by Gasteiger charge is -2.26. The fourth-order valence-corrected chi connectivity index (χ4v) is 3.76. The lowest BCUT2D eigenvalue weighted by atomic mass is 10.0. The molecule has 7 heteroatoms. The molecule has 0 radical (unpaired) electrons. The average Bonchev–Trinajstić information content (AvgIpc) is 2.66. The van der Waals surface area contributed by atoms with Crippen LogP contribution in [0.2, 0.25) is 0 Å². The summed E-state index contributed by atoms with van der Waals surface area (Å²) in [6, 6.07) is 4.58. The molecule has 1 saturated heterocycles. The monoisotopic (exact) mass is 396 g/mol. The van der Waals surface area contributed by atoms with Crippen LogP contribution in [-0.2, 0) is 9.59 Å². The second kappa shape index (κ2) is 9.03. The van der Waals surface area contributed by atoms with Gasteiger partial charge in [0.15, 0.2) is 0 Å². The van der Waals surface area contributed by atoms with Gasteiger partial charge in [-0.15, -0.1) is 0 Å². The van der Waals surface area contributed by atoms with Crippen molar-refractivity contribution in [2.45, 2.75) is 64.8 Å². The zero-order valence-corrected chi connectivity index (χ0v) is 17.1. The maximum atomic E-state index is 13.3. The van der Waals surface area contributed by atoms with Gasteiger partial charge in [0.05, 0.1) is 16.6 Å². The normalized spacial score (nSPS) is 16.7. The smallest absolute Gasteiger partial charge is 0.264 e. The lowest BCUT2D eigenvalue weighted by molar-refractivity contribution is -0.125. The van der Waals surface area contributed by atoms with Gasteiger partial charge in [-0.25, -0.2) is 4.98 Å². The van der Waals surface area contributed by atoms with Crippen LogP contribution in [0.4, 0.5) is 5.69 Å². The third-order valence-corrected chi connectivity index (χ3v) is 5.27. The van der Waals surface area contributed by atoms with Crippen LogP contribution in [0.1, 0.15) is 63.7 Å². The number of hydrogen-bond acceptors (Lipinski definition) is 4. The molecule has 29 heavy (non-hydrogen) atoms. The van der Waals surface area contributed by atoms with Crippen LogP contribution in [0, 0.1) is 6.92 Å². The molecule has 0 bridgehead atoms.